The number of ether oxygens (including phenoxy) is 1. The molecule has 1 fully saturated rings. The number of primary amides is 1. The number of carbonyl (C=O) groups excluding carboxylic acids is 2. The maximum atomic E-state index is 12.1. The summed E-state index contributed by atoms with van der Waals surface area (Å²) in [6.45, 7) is 6.26. The number of hydrogen-bond acceptors (Lipinski definition) is 6. The van der Waals surface area contributed by atoms with Crippen molar-refractivity contribution in [3.63, 3.8) is 0 Å². The van der Waals surface area contributed by atoms with Gasteiger partial charge in [0.2, 0.25) is 11.4 Å². The Morgan fingerprint density at radius 1 is 1.45 bits per heavy atom. The van der Waals surface area contributed by atoms with Crippen molar-refractivity contribution in [2.24, 2.45) is 5.73 Å². The first-order chi connectivity index (χ1) is 9.20. The van der Waals surface area contributed by atoms with Gasteiger partial charge in [-0.15, -0.1) is 10.2 Å². The van der Waals surface area contributed by atoms with E-state index in [1.807, 2.05) is 20.8 Å². The molecule has 0 saturated carbocycles. The number of nitrogens with two attached hydrogens (primary N) is 1. The van der Waals surface area contributed by atoms with Gasteiger partial charge in [0.25, 0.3) is 0 Å². The average Bonchev–Trinajstić information content (AvgIpc) is 2.84. The van der Waals surface area contributed by atoms with Crippen LogP contribution in [0.4, 0.5) is 14.7 Å². The van der Waals surface area contributed by atoms with Gasteiger partial charge >= 0.3 is 12.1 Å². The Balaban J connectivity index is 2.30. The number of urea groups is 1. The SMILES string of the molecule is CN1CC(OC(N)=O)N(c2nnc(C(C)(C)C)s2)C1=O. The van der Waals surface area contributed by atoms with Gasteiger partial charge in [0.05, 0.1) is 6.54 Å². The van der Waals surface area contributed by atoms with Crippen LogP contribution < -0.4 is 10.6 Å². The zero-order chi connectivity index (χ0) is 15.1. The molecule has 3 amide bonds. The number of carbonyl (C=O) groups is 2. The van der Waals surface area contributed by atoms with Crippen molar-refractivity contribution in [1.29, 1.82) is 0 Å². The van der Waals surface area contributed by atoms with Gasteiger partial charge in [-0.3, -0.25) is 0 Å². The van der Waals surface area contributed by atoms with Crippen LogP contribution in [0.25, 0.3) is 0 Å². The summed E-state index contributed by atoms with van der Waals surface area (Å²) in [4.78, 5) is 25.8. The predicted octanol–water partition coefficient (Wildman–Crippen LogP) is 1.13. The molecule has 20 heavy (non-hydrogen) atoms. The molecule has 1 unspecified atom stereocenters. The highest BCUT2D eigenvalue weighted by Crippen LogP contribution is 2.33. The van der Waals surface area contributed by atoms with Gasteiger partial charge < -0.3 is 15.4 Å². The zero-order valence-electron chi connectivity index (χ0n) is 11.8. The molecule has 9 heteroatoms. The molecule has 110 valence electrons. The normalized spacial score (nSPS) is 19.6. The fourth-order valence-corrected chi connectivity index (χ4v) is 2.68. The maximum absolute atomic E-state index is 12.1. The molecular formula is C11H17N5O3S. The van der Waals surface area contributed by atoms with Crippen LogP contribution in [0.15, 0.2) is 0 Å². The van der Waals surface area contributed by atoms with Gasteiger partial charge in [-0.25, -0.2) is 14.5 Å². The second-order valence-corrected chi connectivity index (χ2v) is 6.52. The summed E-state index contributed by atoms with van der Waals surface area (Å²) in [6, 6.07) is -0.298. The van der Waals surface area contributed by atoms with Crippen molar-refractivity contribution in [2.75, 3.05) is 18.5 Å². The second kappa shape index (κ2) is 4.89. The number of hydrogen-bond donors (Lipinski definition) is 1. The zero-order valence-corrected chi connectivity index (χ0v) is 12.6. The lowest BCUT2D eigenvalue weighted by Gasteiger charge is -2.18. The van der Waals surface area contributed by atoms with Crippen molar-refractivity contribution in [2.45, 2.75) is 32.4 Å². The molecule has 1 aromatic rings. The van der Waals surface area contributed by atoms with E-state index in [1.54, 1.807) is 7.05 Å². The van der Waals surface area contributed by atoms with Crippen molar-refractivity contribution >= 4 is 28.6 Å². The Morgan fingerprint density at radius 3 is 2.60 bits per heavy atom. The molecule has 8 nitrogen and oxygen atoms in total. The first kappa shape index (κ1) is 14.5. The van der Waals surface area contributed by atoms with Crippen molar-refractivity contribution < 1.29 is 14.3 Å². The molecule has 1 saturated heterocycles. The number of likely N-dealkylation sites (N-methyl/N-ethyl adjacent to an activating group) is 1. The summed E-state index contributed by atoms with van der Waals surface area (Å²) >= 11 is 1.30. The van der Waals surface area contributed by atoms with Crippen LogP contribution in [0, 0.1) is 0 Å². The molecule has 2 N–H and O–H groups in total. The summed E-state index contributed by atoms with van der Waals surface area (Å²) in [5, 5.41) is 9.31. The summed E-state index contributed by atoms with van der Waals surface area (Å²) < 4.78 is 4.96. The summed E-state index contributed by atoms with van der Waals surface area (Å²) in [5.74, 6) is 0. The number of amides is 3. The van der Waals surface area contributed by atoms with E-state index in [4.69, 9.17) is 10.5 Å². The Kier molecular flexibility index (Phi) is 3.55. The third-order valence-corrected chi connectivity index (χ3v) is 4.11. The maximum Gasteiger partial charge on any atom is 0.406 e. The number of rotatable bonds is 2. The Morgan fingerprint density at radius 2 is 2.10 bits per heavy atom. The summed E-state index contributed by atoms with van der Waals surface area (Å²) in [5.41, 5.74) is 4.87. The molecule has 0 radical (unpaired) electrons. The molecule has 2 heterocycles. The van der Waals surface area contributed by atoms with Gasteiger partial charge in [-0.1, -0.05) is 32.1 Å². The van der Waals surface area contributed by atoms with Gasteiger partial charge in [0, 0.05) is 12.5 Å². The Bertz CT molecular complexity index is 538. The highest BCUT2D eigenvalue weighted by Gasteiger charge is 2.41. The van der Waals surface area contributed by atoms with E-state index in [1.165, 1.54) is 21.1 Å². The molecule has 2 rings (SSSR count). The molecule has 1 aliphatic heterocycles. The lowest BCUT2D eigenvalue weighted by atomic mass is 9.98. The van der Waals surface area contributed by atoms with Crippen LogP contribution in [-0.4, -0.2) is 47.0 Å². The van der Waals surface area contributed by atoms with Crippen LogP contribution >= 0.6 is 11.3 Å². The topological polar surface area (TPSA) is 102 Å². The van der Waals surface area contributed by atoms with Crippen LogP contribution in [0.1, 0.15) is 25.8 Å². The van der Waals surface area contributed by atoms with E-state index in [-0.39, 0.29) is 18.0 Å². The predicted molar refractivity (Wildman–Crippen MR) is 73.6 cm³/mol. The number of aromatic nitrogens is 2. The number of anilines is 1. The molecule has 0 aliphatic carbocycles. The lowest BCUT2D eigenvalue weighted by molar-refractivity contribution is 0.112. The van der Waals surface area contributed by atoms with Crippen molar-refractivity contribution in [1.82, 2.24) is 15.1 Å². The smallest absolute Gasteiger partial charge is 0.406 e. The second-order valence-electron chi connectivity index (χ2n) is 5.56. The van der Waals surface area contributed by atoms with Gasteiger partial charge in [-0.05, 0) is 0 Å². The fourth-order valence-electron chi connectivity index (χ4n) is 1.75. The first-order valence-electron chi connectivity index (χ1n) is 6.04. The van der Waals surface area contributed by atoms with Gasteiger partial charge in [-0.2, -0.15) is 0 Å². The minimum atomic E-state index is -0.927. The van der Waals surface area contributed by atoms with Gasteiger partial charge in [0.1, 0.15) is 5.01 Å². The quantitative estimate of drug-likeness (QED) is 0.882. The third kappa shape index (κ3) is 2.67. The lowest BCUT2D eigenvalue weighted by Crippen LogP contribution is -2.38. The third-order valence-electron chi connectivity index (χ3n) is 2.76. The van der Waals surface area contributed by atoms with Crippen LogP contribution in [0.3, 0.4) is 0 Å². The highest BCUT2D eigenvalue weighted by atomic mass is 32.1. The van der Waals surface area contributed by atoms with E-state index < -0.39 is 12.3 Å². The first-order valence-corrected chi connectivity index (χ1v) is 6.86. The average molecular weight is 299 g/mol. The standard InChI is InChI=1S/C11H17N5O3S/c1-11(2,3)7-13-14-9(20-7)16-6(19-8(12)17)5-15(4)10(16)18/h6H,5H2,1-4H3,(H2,12,17). The summed E-state index contributed by atoms with van der Waals surface area (Å²) in [7, 11) is 1.62. The van der Waals surface area contributed by atoms with E-state index in [2.05, 4.69) is 10.2 Å². The van der Waals surface area contributed by atoms with E-state index in [0.717, 1.165) is 5.01 Å². The molecule has 1 aliphatic rings. The van der Waals surface area contributed by atoms with Crippen LogP contribution in [-0.2, 0) is 10.2 Å². The molecule has 0 spiro atoms. The minimum Gasteiger partial charge on any atom is -0.423 e. The van der Waals surface area contributed by atoms with E-state index >= 15 is 0 Å². The molecule has 1 aromatic heterocycles. The van der Waals surface area contributed by atoms with Crippen molar-refractivity contribution in [3.8, 4) is 0 Å². The number of nitrogens with zero attached hydrogens (tertiary/aromatic N) is 4. The van der Waals surface area contributed by atoms with Crippen LogP contribution in [0.2, 0.25) is 0 Å². The van der Waals surface area contributed by atoms with Crippen molar-refractivity contribution in [3.05, 3.63) is 5.01 Å². The van der Waals surface area contributed by atoms with Crippen LogP contribution in [0.5, 0.6) is 0 Å². The fraction of sp³-hybridized carbons (Fsp3) is 0.636. The van der Waals surface area contributed by atoms with E-state index in [9.17, 15) is 9.59 Å². The highest BCUT2D eigenvalue weighted by molar-refractivity contribution is 7.15. The molecular weight excluding hydrogens is 282 g/mol. The Labute approximate surface area is 120 Å². The summed E-state index contributed by atoms with van der Waals surface area (Å²) in [6.07, 6.45) is -1.70. The van der Waals surface area contributed by atoms with E-state index in [0.29, 0.717) is 5.13 Å². The largest absolute Gasteiger partial charge is 0.423 e. The molecule has 0 aromatic carbocycles. The monoisotopic (exact) mass is 299 g/mol. The molecule has 1 atom stereocenters. The minimum absolute atomic E-state index is 0.162. The Hall–Kier alpha value is -1.90. The van der Waals surface area contributed by atoms with Gasteiger partial charge in [0.15, 0.2) is 0 Å². The molecule has 0 bridgehead atoms.